The monoisotopic (exact) mass is 127 g/mol. The van der Waals surface area contributed by atoms with Gasteiger partial charge in [-0.3, -0.25) is 0 Å². The second-order valence-electron chi connectivity index (χ2n) is 2.67. The molecule has 0 aromatic carbocycles. The van der Waals surface area contributed by atoms with Crippen molar-refractivity contribution in [2.45, 2.75) is 32.4 Å². The summed E-state index contributed by atoms with van der Waals surface area (Å²) in [5.41, 5.74) is 5.01. The molecule has 1 atom stereocenters. The van der Waals surface area contributed by atoms with Gasteiger partial charge in [0.2, 0.25) is 0 Å². The van der Waals surface area contributed by atoms with Crippen molar-refractivity contribution >= 4 is 0 Å². The van der Waals surface area contributed by atoms with E-state index in [1.807, 2.05) is 0 Å². The lowest BCUT2D eigenvalue weighted by molar-refractivity contribution is 0.253. The first-order chi connectivity index (χ1) is 3.92. The molecule has 0 bridgehead atoms. The second-order valence-corrected chi connectivity index (χ2v) is 2.67. The SMILES string of the molecule is CC(O)C#CC(C)(C)N. The molecule has 0 aromatic rings. The third-order valence-electron chi connectivity index (χ3n) is 0.603. The first-order valence-electron chi connectivity index (χ1n) is 2.91. The van der Waals surface area contributed by atoms with Crippen LogP contribution in [0.15, 0.2) is 0 Å². The van der Waals surface area contributed by atoms with Gasteiger partial charge in [-0.05, 0) is 20.8 Å². The van der Waals surface area contributed by atoms with Gasteiger partial charge >= 0.3 is 0 Å². The largest absolute Gasteiger partial charge is 0.381 e. The van der Waals surface area contributed by atoms with Gasteiger partial charge in [0.1, 0.15) is 6.10 Å². The second kappa shape index (κ2) is 2.86. The molecule has 0 fully saturated rings. The van der Waals surface area contributed by atoms with Crippen LogP contribution in [-0.2, 0) is 0 Å². The van der Waals surface area contributed by atoms with Crippen LogP contribution in [0.5, 0.6) is 0 Å². The van der Waals surface area contributed by atoms with Crippen molar-refractivity contribution in [1.29, 1.82) is 0 Å². The third kappa shape index (κ3) is 7.48. The molecule has 3 N–H and O–H groups in total. The maximum Gasteiger partial charge on any atom is 0.112 e. The van der Waals surface area contributed by atoms with Crippen molar-refractivity contribution in [1.82, 2.24) is 0 Å². The molecule has 0 heterocycles. The summed E-state index contributed by atoms with van der Waals surface area (Å²) in [5.74, 6) is 5.27. The summed E-state index contributed by atoms with van der Waals surface area (Å²) in [5, 5.41) is 8.69. The Morgan fingerprint density at radius 3 is 2.11 bits per heavy atom. The lowest BCUT2D eigenvalue weighted by Gasteiger charge is -2.07. The van der Waals surface area contributed by atoms with Gasteiger partial charge < -0.3 is 10.8 Å². The van der Waals surface area contributed by atoms with Crippen LogP contribution in [0.1, 0.15) is 20.8 Å². The average Bonchev–Trinajstić information content (AvgIpc) is 1.59. The van der Waals surface area contributed by atoms with Gasteiger partial charge in [-0.25, -0.2) is 0 Å². The smallest absolute Gasteiger partial charge is 0.112 e. The van der Waals surface area contributed by atoms with Crippen molar-refractivity contribution in [2.24, 2.45) is 5.73 Å². The molecule has 0 saturated carbocycles. The van der Waals surface area contributed by atoms with Crippen molar-refractivity contribution in [3.05, 3.63) is 0 Å². The Balaban J connectivity index is 3.88. The predicted molar refractivity (Wildman–Crippen MR) is 37.7 cm³/mol. The fourth-order valence-corrected chi connectivity index (χ4v) is 0.290. The van der Waals surface area contributed by atoms with E-state index >= 15 is 0 Å². The minimum atomic E-state index is -0.576. The molecule has 0 spiro atoms. The van der Waals surface area contributed by atoms with Gasteiger partial charge in [0.25, 0.3) is 0 Å². The fraction of sp³-hybridized carbons (Fsp3) is 0.714. The molecule has 0 aromatic heterocycles. The maximum absolute atomic E-state index is 8.69. The molecule has 2 heteroatoms. The van der Waals surface area contributed by atoms with Crippen molar-refractivity contribution in [2.75, 3.05) is 0 Å². The summed E-state index contributed by atoms with van der Waals surface area (Å²) in [7, 11) is 0. The van der Waals surface area contributed by atoms with E-state index in [4.69, 9.17) is 10.8 Å². The molecule has 9 heavy (non-hydrogen) atoms. The zero-order valence-corrected chi connectivity index (χ0v) is 6.10. The minimum absolute atomic E-state index is 0.489. The van der Waals surface area contributed by atoms with E-state index in [-0.39, 0.29) is 0 Å². The van der Waals surface area contributed by atoms with E-state index in [0.29, 0.717) is 0 Å². The van der Waals surface area contributed by atoms with Crippen LogP contribution in [0, 0.1) is 11.8 Å². The molecular formula is C7H13NO. The number of aliphatic hydroxyl groups is 1. The molecule has 0 aliphatic heterocycles. The average molecular weight is 127 g/mol. The van der Waals surface area contributed by atoms with Crippen molar-refractivity contribution < 1.29 is 5.11 Å². The number of hydrogen-bond donors (Lipinski definition) is 2. The van der Waals surface area contributed by atoms with E-state index in [2.05, 4.69) is 11.8 Å². The molecule has 0 rings (SSSR count). The van der Waals surface area contributed by atoms with Crippen molar-refractivity contribution in [3.8, 4) is 11.8 Å². The quantitative estimate of drug-likeness (QED) is 0.454. The number of aliphatic hydroxyl groups excluding tert-OH is 1. The summed E-state index contributed by atoms with van der Waals surface area (Å²) in [4.78, 5) is 0. The molecule has 52 valence electrons. The molecule has 0 saturated heterocycles. The molecule has 1 unspecified atom stereocenters. The van der Waals surface area contributed by atoms with Crippen LogP contribution in [0.4, 0.5) is 0 Å². The number of nitrogens with two attached hydrogens (primary N) is 1. The predicted octanol–water partition coefficient (Wildman–Crippen LogP) is 0.108. The van der Waals surface area contributed by atoms with E-state index < -0.39 is 11.6 Å². The van der Waals surface area contributed by atoms with E-state index in [9.17, 15) is 0 Å². The van der Waals surface area contributed by atoms with Gasteiger partial charge in [-0.2, -0.15) is 0 Å². The summed E-state index contributed by atoms with van der Waals surface area (Å²) in [6, 6.07) is 0. The van der Waals surface area contributed by atoms with Crippen LogP contribution in [0.2, 0.25) is 0 Å². The zero-order valence-electron chi connectivity index (χ0n) is 6.10. The van der Waals surface area contributed by atoms with E-state index in [0.717, 1.165) is 0 Å². The van der Waals surface area contributed by atoms with Crippen LogP contribution in [-0.4, -0.2) is 16.7 Å². The van der Waals surface area contributed by atoms with Gasteiger partial charge in [0.05, 0.1) is 5.54 Å². The zero-order chi connectivity index (χ0) is 7.49. The van der Waals surface area contributed by atoms with Crippen LogP contribution < -0.4 is 5.73 Å². The lowest BCUT2D eigenvalue weighted by atomic mass is 10.1. The maximum atomic E-state index is 8.69. The van der Waals surface area contributed by atoms with Crippen LogP contribution >= 0.6 is 0 Å². The highest BCUT2D eigenvalue weighted by atomic mass is 16.3. The Morgan fingerprint density at radius 1 is 1.56 bits per heavy atom. The summed E-state index contributed by atoms with van der Waals surface area (Å²) in [6.07, 6.45) is -0.576. The molecule has 2 nitrogen and oxygen atoms in total. The highest BCUT2D eigenvalue weighted by molar-refractivity contribution is 5.14. The molecule has 0 aliphatic carbocycles. The Kier molecular flexibility index (Phi) is 2.69. The Labute approximate surface area is 56.1 Å². The highest BCUT2D eigenvalue weighted by Crippen LogP contribution is 1.91. The van der Waals surface area contributed by atoms with E-state index in [1.165, 1.54) is 0 Å². The van der Waals surface area contributed by atoms with Gasteiger partial charge in [0, 0.05) is 0 Å². The lowest BCUT2D eigenvalue weighted by Crippen LogP contribution is -2.29. The van der Waals surface area contributed by atoms with Crippen LogP contribution in [0.25, 0.3) is 0 Å². The van der Waals surface area contributed by atoms with Gasteiger partial charge in [-0.1, -0.05) is 11.8 Å². The summed E-state index contributed by atoms with van der Waals surface area (Å²) < 4.78 is 0. The number of hydrogen-bond acceptors (Lipinski definition) is 2. The van der Waals surface area contributed by atoms with E-state index in [1.54, 1.807) is 20.8 Å². The topological polar surface area (TPSA) is 46.2 Å². The Morgan fingerprint density at radius 2 is 2.00 bits per heavy atom. The summed E-state index contributed by atoms with van der Waals surface area (Å²) >= 11 is 0. The summed E-state index contributed by atoms with van der Waals surface area (Å²) in [6.45, 7) is 5.20. The Bertz CT molecular complexity index is 133. The molecular weight excluding hydrogens is 114 g/mol. The number of rotatable bonds is 0. The van der Waals surface area contributed by atoms with Gasteiger partial charge in [0.15, 0.2) is 0 Å². The first-order valence-corrected chi connectivity index (χ1v) is 2.91. The van der Waals surface area contributed by atoms with Gasteiger partial charge in [-0.15, -0.1) is 0 Å². The van der Waals surface area contributed by atoms with Crippen molar-refractivity contribution in [3.63, 3.8) is 0 Å². The third-order valence-corrected chi connectivity index (χ3v) is 0.603. The molecule has 0 aliphatic rings. The Hall–Kier alpha value is -0.520. The fourth-order valence-electron chi connectivity index (χ4n) is 0.290. The first kappa shape index (κ1) is 8.48. The standard InChI is InChI=1S/C7H13NO/c1-6(9)4-5-7(2,3)8/h6,9H,8H2,1-3H3. The molecule has 0 radical (unpaired) electrons. The minimum Gasteiger partial charge on any atom is -0.381 e. The van der Waals surface area contributed by atoms with Crippen LogP contribution in [0.3, 0.4) is 0 Å². The highest BCUT2D eigenvalue weighted by Gasteiger charge is 2.03. The molecule has 0 amide bonds. The normalized spacial score (nSPS) is 13.9.